The summed E-state index contributed by atoms with van der Waals surface area (Å²) in [6.45, 7) is 4.23. The minimum absolute atomic E-state index is 0.0333. The van der Waals surface area contributed by atoms with E-state index in [1.54, 1.807) is 12.1 Å². The molecular formula is C20H26Cl2N2O7S2. The summed E-state index contributed by atoms with van der Waals surface area (Å²) in [4.78, 5) is 21.2. The summed E-state index contributed by atoms with van der Waals surface area (Å²) in [5.74, 6) is -0.0501. The van der Waals surface area contributed by atoms with E-state index in [1.165, 1.54) is 31.5 Å². The third-order valence-corrected chi connectivity index (χ3v) is 4.99. The van der Waals surface area contributed by atoms with Crippen molar-refractivity contribution in [1.29, 1.82) is 0 Å². The van der Waals surface area contributed by atoms with Crippen LogP contribution in [0.4, 0.5) is 0 Å². The van der Waals surface area contributed by atoms with Crippen LogP contribution in [0.1, 0.15) is 25.0 Å². The number of hydrogen-bond acceptors (Lipinski definition) is 6. The summed E-state index contributed by atoms with van der Waals surface area (Å²) in [5.41, 5.74) is 2.20. The van der Waals surface area contributed by atoms with Crippen LogP contribution >= 0.6 is 21.4 Å². The average Bonchev–Trinajstić information content (AvgIpc) is 2.67. The molecular weight excluding hydrogens is 515 g/mol. The van der Waals surface area contributed by atoms with E-state index in [-0.39, 0.29) is 16.7 Å². The van der Waals surface area contributed by atoms with Gasteiger partial charge in [0, 0.05) is 48.3 Å². The van der Waals surface area contributed by atoms with E-state index >= 15 is 0 Å². The topological polar surface area (TPSA) is 147 Å². The maximum atomic E-state index is 11.0. The fraction of sp³-hybridized carbons (Fsp3) is 0.300. The van der Waals surface area contributed by atoms with E-state index in [0.717, 1.165) is 18.5 Å². The van der Waals surface area contributed by atoms with Gasteiger partial charge >= 0.3 is 9.33 Å². The number of hydrogen-bond donors (Lipinski definition) is 3. The highest BCUT2D eigenvalue weighted by molar-refractivity contribution is 8.13. The highest BCUT2D eigenvalue weighted by atomic mass is 35.7. The number of carbonyl (C=O) groups excluding carboxylic acids is 2. The van der Waals surface area contributed by atoms with Gasteiger partial charge in [0.15, 0.2) is 0 Å². The first-order chi connectivity index (χ1) is 15.2. The molecule has 13 heteroatoms. The van der Waals surface area contributed by atoms with Gasteiger partial charge in [-0.3, -0.25) is 14.1 Å². The maximum absolute atomic E-state index is 11.0. The van der Waals surface area contributed by atoms with Gasteiger partial charge < -0.3 is 10.6 Å². The molecule has 0 fully saturated rings. The summed E-state index contributed by atoms with van der Waals surface area (Å²) < 4.78 is 47.1. The molecule has 0 aliphatic carbocycles. The number of rotatable bonds is 7. The molecule has 0 saturated heterocycles. The third-order valence-electron chi connectivity index (χ3n) is 3.62. The van der Waals surface area contributed by atoms with Crippen LogP contribution in [0.2, 0.25) is 0 Å². The lowest BCUT2D eigenvalue weighted by molar-refractivity contribution is -0.119. The third kappa shape index (κ3) is 20.2. The SMILES string of the molecule is CC(=O)NCCc1ccc(S(=O)(=O)Cl)cc1.CC(=O)NCCc1ccccc1.O=S(=O)(O)Cl. The van der Waals surface area contributed by atoms with Gasteiger partial charge in [-0.25, -0.2) is 8.42 Å². The molecule has 2 aromatic carbocycles. The van der Waals surface area contributed by atoms with Gasteiger partial charge in [-0.2, -0.15) is 8.42 Å². The predicted octanol–water partition coefficient (Wildman–Crippen LogP) is 2.69. The van der Waals surface area contributed by atoms with Crippen LogP contribution in [0.5, 0.6) is 0 Å². The van der Waals surface area contributed by atoms with Crippen molar-refractivity contribution >= 4 is 51.6 Å². The molecule has 3 N–H and O–H groups in total. The van der Waals surface area contributed by atoms with E-state index in [1.807, 2.05) is 18.2 Å². The molecule has 0 bridgehead atoms. The molecule has 2 rings (SSSR count). The van der Waals surface area contributed by atoms with E-state index < -0.39 is 18.4 Å². The first-order valence-corrected chi connectivity index (χ1v) is 14.0. The van der Waals surface area contributed by atoms with E-state index in [4.69, 9.17) is 23.7 Å². The smallest absolute Gasteiger partial charge is 0.353 e. The Hall–Kier alpha value is -2.18. The van der Waals surface area contributed by atoms with Gasteiger partial charge in [-0.05, 0) is 36.1 Å². The van der Waals surface area contributed by atoms with Crippen molar-refractivity contribution < 1.29 is 31.0 Å². The lowest BCUT2D eigenvalue weighted by Gasteiger charge is -2.03. The van der Waals surface area contributed by atoms with Gasteiger partial charge in [0.05, 0.1) is 4.90 Å². The highest BCUT2D eigenvalue weighted by Gasteiger charge is 2.08. The quantitative estimate of drug-likeness (QED) is 0.361. The van der Waals surface area contributed by atoms with Gasteiger partial charge in [0.2, 0.25) is 11.8 Å². The first-order valence-electron chi connectivity index (χ1n) is 9.42. The van der Waals surface area contributed by atoms with Crippen LogP contribution < -0.4 is 10.6 Å². The molecule has 0 radical (unpaired) electrons. The molecule has 0 saturated carbocycles. The van der Waals surface area contributed by atoms with Gasteiger partial charge in [0.25, 0.3) is 9.05 Å². The molecule has 0 heterocycles. The Morgan fingerprint density at radius 1 is 0.758 bits per heavy atom. The largest absolute Gasteiger partial charge is 0.356 e. The molecule has 2 amide bonds. The minimum atomic E-state index is -4.19. The molecule has 2 aromatic rings. The lowest BCUT2D eigenvalue weighted by Crippen LogP contribution is -2.22. The summed E-state index contributed by atoms with van der Waals surface area (Å²) in [5, 5.41) is 5.41. The number of carbonyl (C=O) groups is 2. The van der Waals surface area contributed by atoms with Crippen molar-refractivity contribution in [2.45, 2.75) is 31.6 Å². The Morgan fingerprint density at radius 3 is 1.45 bits per heavy atom. The van der Waals surface area contributed by atoms with Crippen LogP contribution in [0.15, 0.2) is 59.5 Å². The average molecular weight is 541 g/mol. The zero-order valence-corrected chi connectivity index (χ0v) is 21.1. The molecule has 0 aliphatic heterocycles. The standard InChI is InChI=1S/C10H12ClNO3S.C10H13NO.ClHO3S/c1-8(13)12-7-6-9-2-4-10(5-3-9)16(11,14)15;1-9(12)11-8-7-10-5-3-2-4-6-10;1-5(2,3)4/h2-5H,6-7H2,1H3,(H,12,13);2-6H,7-8H2,1H3,(H,11,12);(H,2,3,4). The zero-order chi connectivity index (χ0) is 25.5. The Kier molecular flexibility index (Phi) is 14.6. The molecule has 0 aromatic heterocycles. The molecule has 9 nitrogen and oxygen atoms in total. The first kappa shape index (κ1) is 30.8. The van der Waals surface area contributed by atoms with Crippen LogP contribution in [0.3, 0.4) is 0 Å². The van der Waals surface area contributed by atoms with E-state index in [9.17, 15) is 18.0 Å². The normalized spacial score (nSPS) is 10.6. The Labute approximate surface area is 203 Å². The fourth-order valence-electron chi connectivity index (χ4n) is 2.23. The second-order valence-corrected chi connectivity index (χ2v) is 11.0. The Bertz CT molecular complexity index is 1070. The lowest BCUT2D eigenvalue weighted by atomic mass is 10.1. The number of benzene rings is 2. The fourth-order valence-corrected chi connectivity index (χ4v) is 3.00. The van der Waals surface area contributed by atoms with Crippen molar-refractivity contribution in [1.82, 2.24) is 10.6 Å². The number of nitrogens with one attached hydrogen (secondary N) is 2. The second kappa shape index (κ2) is 15.6. The number of halogens is 2. The predicted molar refractivity (Wildman–Crippen MR) is 128 cm³/mol. The molecule has 184 valence electrons. The molecule has 0 unspecified atom stereocenters. The summed E-state index contributed by atoms with van der Waals surface area (Å²) in [6, 6.07) is 16.4. The highest BCUT2D eigenvalue weighted by Crippen LogP contribution is 2.15. The van der Waals surface area contributed by atoms with Crippen molar-refractivity contribution in [3.63, 3.8) is 0 Å². The van der Waals surface area contributed by atoms with Crippen LogP contribution in [0, 0.1) is 0 Å². The van der Waals surface area contributed by atoms with Crippen molar-refractivity contribution in [3.8, 4) is 0 Å². The molecule has 33 heavy (non-hydrogen) atoms. The van der Waals surface area contributed by atoms with Crippen LogP contribution in [-0.2, 0) is 40.8 Å². The minimum Gasteiger partial charge on any atom is -0.356 e. The Morgan fingerprint density at radius 2 is 1.12 bits per heavy atom. The van der Waals surface area contributed by atoms with Crippen LogP contribution in [0.25, 0.3) is 0 Å². The van der Waals surface area contributed by atoms with Gasteiger partial charge in [0.1, 0.15) is 0 Å². The van der Waals surface area contributed by atoms with Gasteiger partial charge in [-0.15, -0.1) is 0 Å². The molecule has 0 aliphatic rings. The second-order valence-electron chi connectivity index (χ2n) is 6.45. The van der Waals surface area contributed by atoms with E-state index in [0.29, 0.717) is 13.0 Å². The Balaban J connectivity index is 0.000000530. The van der Waals surface area contributed by atoms with Crippen LogP contribution in [-0.4, -0.2) is 46.3 Å². The van der Waals surface area contributed by atoms with Crippen molar-refractivity contribution in [2.24, 2.45) is 0 Å². The maximum Gasteiger partial charge on any atom is 0.353 e. The zero-order valence-electron chi connectivity index (χ0n) is 18.0. The van der Waals surface area contributed by atoms with E-state index in [2.05, 4.69) is 33.4 Å². The summed E-state index contributed by atoms with van der Waals surface area (Å²) in [6.07, 6.45) is 1.56. The molecule has 0 atom stereocenters. The molecule has 0 spiro atoms. The van der Waals surface area contributed by atoms with Gasteiger partial charge in [-0.1, -0.05) is 42.5 Å². The van der Waals surface area contributed by atoms with Crippen molar-refractivity contribution in [2.75, 3.05) is 13.1 Å². The summed E-state index contributed by atoms with van der Waals surface area (Å²) >= 11 is 0. The van der Waals surface area contributed by atoms with Crippen molar-refractivity contribution in [3.05, 3.63) is 65.7 Å². The monoisotopic (exact) mass is 540 g/mol. The number of amides is 2. The summed E-state index contributed by atoms with van der Waals surface area (Å²) in [7, 11) is 1.38.